The zero-order valence-corrected chi connectivity index (χ0v) is 25.7. The fraction of sp³-hybridized carbons (Fsp3) is 0.0667. The monoisotopic (exact) mass is 564 g/mol. The van der Waals surface area contributed by atoms with Crippen molar-refractivity contribution in [2.24, 2.45) is 0 Å². The summed E-state index contributed by atoms with van der Waals surface area (Å²) in [5.74, 6) is 0.478. The van der Waals surface area contributed by atoms with Crippen molar-refractivity contribution in [3.63, 3.8) is 0 Å². The van der Waals surface area contributed by atoms with Gasteiger partial charge in [-0.05, 0) is 60.4 Å². The first-order valence-corrected chi connectivity index (χ1v) is 14.8. The van der Waals surface area contributed by atoms with Crippen molar-refractivity contribution < 1.29 is 48.1 Å². The van der Waals surface area contributed by atoms with Crippen LogP contribution in [0.15, 0.2) is 105 Å². The van der Waals surface area contributed by atoms with Gasteiger partial charge in [-0.25, -0.2) is 4.57 Å². The van der Waals surface area contributed by atoms with E-state index in [9.17, 15) is 9.46 Å². The van der Waals surface area contributed by atoms with Crippen LogP contribution in [-0.2, 0) is 13.6 Å². The van der Waals surface area contributed by atoms with Crippen molar-refractivity contribution in [2.75, 3.05) is 0 Å². The molecule has 0 N–H and O–H groups in total. The molecular weight excluding hydrogens is 542 g/mol. The maximum atomic E-state index is 13.5. The fourth-order valence-corrected chi connectivity index (χ4v) is 7.48. The standard InChI is InChI=1S/C30H23O4PS2.Na/c1-19-9-7-13-23-25(17-21-11-3-5-15-27(21)36-29(19)23)33-35(31,32)34-26-18-22-12-4-6-16-28(22)37-30-20(2)10-8-14-24(26)30;/h3-18H,1-2H3,(H,31,32);/q;+1/p-1. The maximum absolute atomic E-state index is 13.5. The minimum Gasteiger partial charge on any atom is -0.736 e. The number of rotatable bonds is 4. The van der Waals surface area contributed by atoms with E-state index in [-0.39, 0.29) is 41.1 Å². The van der Waals surface area contributed by atoms with Crippen LogP contribution < -0.4 is 34.5 Å². The third-order valence-corrected chi connectivity index (χ3v) is 9.73. The van der Waals surface area contributed by atoms with E-state index >= 15 is 0 Å². The normalized spacial score (nSPS) is 13.7. The van der Waals surface area contributed by atoms with Crippen LogP contribution >= 0.6 is 31.3 Å². The smallest absolute Gasteiger partial charge is 0.736 e. The molecule has 0 aliphatic carbocycles. The molecule has 2 heterocycles. The molecule has 2 aliphatic rings. The predicted molar refractivity (Wildman–Crippen MR) is 149 cm³/mol. The van der Waals surface area contributed by atoms with Crippen molar-refractivity contribution in [1.82, 2.24) is 0 Å². The molecule has 0 saturated carbocycles. The fourth-order valence-electron chi connectivity index (χ4n) is 4.42. The van der Waals surface area contributed by atoms with Gasteiger partial charge in [-0.2, -0.15) is 0 Å². The molecule has 0 atom stereocenters. The third kappa shape index (κ3) is 5.45. The van der Waals surface area contributed by atoms with Gasteiger partial charge in [-0.1, -0.05) is 96.3 Å². The number of phosphoric ester groups is 1. The molecule has 0 saturated heterocycles. The summed E-state index contributed by atoms with van der Waals surface area (Å²) in [7, 11) is -4.84. The van der Waals surface area contributed by atoms with Crippen LogP contribution in [0.25, 0.3) is 23.7 Å². The molecular formula is C30H22NaO4PS2. The van der Waals surface area contributed by atoms with Crippen LogP contribution in [0.1, 0.15) is 33.4 Å². The van der Waals surface area contributed by atoms with Gasteiger partial charge in [-0.3, -0.25) is 0 Å². The van der Waals surface area contributed by atoms with Gasteiger partial charge < -0.3 is 13.9 Å². The molecule has 4 nitrogen and oxygen atoms in total. The van der Waals surface area contributed by atoms with Gasteiger partial charge >= 0.3 is 37.4 Å². The van der Waals surface area contributed by atoms with Gasteiger partial charge in [-0.15, -0.1) is 0 Å². The molecule has 4 aromatic rings. The van der Waals surface area contributed by atoms with E-state index in [0.717, 1.165) is 41.8 Å². The Morgan fingerprint density at radius 3 is 1.50 bits per heavy atom. The van der Waals surface area contributed by atoms with Crippen LogP contribution in [0.4, 0.5) is 0 Å². The average Bonchev–Trinajstić information content (AvgIpc) is 3.13. The van der Waals surface area contributed by atoms with Gasteiger partial charge in [0.2, 0.25) is 0 Å². The first kappa shape index (κ1) is 27.4. The summed E-state index contributed by atoms with van der Waals surface area (Å²) >= 11 is 3.21. The summed E-state index contributed by atoms with van der Waals surface area (Å²) < 4.78 is 25.0. The molecule has 0 amide bonds. The molecule has 6 rings (SSSR count). The van der Waals surface area contributed by atoms with Gasteiger partial charge in [0.15, 0.2) is 0 Å². The Morgan fingerprint density at radius 1 is 0.632 bits per heavy atom. The Hall–Kier alpha value is -2.15. The molecule has 0 unspecified atom stereocenters. The molecule has 2 aliphatic heterocycles. The van der Waals surface area contributed by atoms with E-state index in [0.29, 0.717) is 11.1 Å². The second-order valence-electron chi connectivity index (χ2n) is 8.83. The molecule has 0 radical (unpaired) electrons. The van der Waals surface area contributed by atoms with E-state index in [2.05, 4.69) is 0 Å². The second-order valence-corrected chi connectivity index (χ2v) is 12.2. The van der Waals surface area contributed by atoms with Gasteiger partial charge in [0, 0.05) is 30.7 Å². The minimum atomic E-state index is -4.84. The van der Waals surface area contributed by atoms with Crippen molar-refractivity contribution in [3.05, 3.63) is 118 Å². The summed E-state index contributed by atoms with van der Waals surface area (Å²) in [5.41, 5.74) is 5.29. The van der Waals surface area contributed by atoms with Crippen LogP contribution in [0.3, 0.4) is 0 Å². The average molecular weight is 565 g/mol. The zero-order valence-electron chi connectivity index (χ0n) is 21.1. The molecule has 0 aromatic heterocycles. The van der Waals surface area contributed by atoms with Crippen LogP contribution in [0.2, 0.25) is 0 Å². The van der Waals surface area contributed by atoms with Crippen molar-refractivity contribution in [2.45, 2.75) is 33.4 Å². The molecule has 0 bridgehead atoms. The van der Waals surface area contributed by atoms with Gasteiger partial charge in [0.25, 0.3) is 0 Å². The summed E-state index contributed by atoms with van der Waals surface area (Å²) in [6.45, 7) is 4.02. The van der Waals surface area contributed by atoms with E-state index in [1.807, 2.05) is 98.8 Å². The van der Waals surface area contributed by atoms with Crippen LogP contribution in [-0.4, -0.2) is 0 Å². The summed E-state index contributed by atoms with van der Waals surface area (Å²) in [5, 5.41) is 0. The molecule has 4 aromatic carbocycles. The van der Waals surface area contributed by atoms with Crippen molar-refractivity contribution >= 4 is 55.0 Å². The number of benzene rings is 4. The maximum Gasteiger partial charge on any atom is 1.00 e. The zero-order chi connectivity index (χ0) is 25.6. The first-order chi connectivity index (χ1) is 17.9. The van der Waals surface area contributed by atoms with Crippen LogP contribution in [0.5, 0.6) is 0 Å². The van der Waals surface area contributed by atoms with E-state index in [1.165, 1.54) is 0 Å². The molecule has 38 heavy (non-hydrogen) atoms. The number of hydrogen-bond acceptors (Lipinski definition) is 6. The predicted octanol–water partition coefficient (Wildman–Crippen LogP) is 5.43. The van der Waals surface area contributed by atoms with Gasteiger partial charge in [0.05, 0.1) is 0 Å². The summed E-state index contributed by atoms with van der Waals surface area (Å²) in [6, 6.07) is 27.3. The topological polar surface area (TPSA) is 58.6 Å². The van der Waals surface area contributed by atoms with E-state index in [1.54, 1.807) is 35.7 Å². The minimum absolute atomic E-state index is 0. The van der Waals surface area contributed by atoms with Crippen molar-refractivity contribution in [3.8, 4) is 0 Å². The number of fused-ring (bicyclic) bond motifs is 4. The first-order valence-electron chi connectivity index (χ1n) is 11.8. The molecule has 0 fully saturated rings. The van der Waals surface area contributed by atoms with E-state index < -0.39 is 7.82 Å². The van der Waals surface area contributed by atoms with Crippen molar-refractivity contribution in [1.29, 1.82) is 0 Å². The second kappa shape index (κ2) is 11.1. The Balaban J connectivity index is 0.00000294. The number of aryl methyl sites for hydroxylation is 2. The van der Waals surface area contributed by atoms with Crippen LogP contribution in [0, 0.1) is 13.8 Å². The Kier molecular flexibility index (Phi) is 8.04. The third-order valence-electron chi connectivity index (χ3n) is 6.21. The Labute approximate surface area is 253 Å². The molecule has 8 heteroatoms. The Morgan fingerprint density at radius 2 is 1.05 bits per heavy atom. The molecule has 184 valence electrons. The summed E-state index contributed by atoms with van der Waals surface area (Å²) in [6.07, 6.45) is 3.54. The van der Waals surface area contributed by atoms with E-state index in [4.69, 9.17) is 9.05 Å². The SMILES string of the molecule is Cc1cccc2c1Sc1ccccc1C=C2OP(=O)([O-])OC1=Cc2ccccc2Sc2c(C)cccc21.[Na+]. The molecule has 0 spiro atoms. The Bertz CT molecular complexity index is 1550. The summed E-state index contributed by atoms with van der Waals surface area (Å²) in [4.78, 5) is 17.5. The quantitative estimate of drug-likeness (QED) is 0.243. The number of phosphoric acid groups is 1. The largest absolute Gasteiger partial charge is 1.00 e. The van der Waals surface area contributed by atoms with Gasteiger partial charge in [0.1, 0.15) is 11.5 Å². The number of hydrogen-bond donors (Lipinski definition) is 0.